The molecule has 0 aliphatic carbocycles. The molecule has 0 bridgehead atoms. The third-order valence-electron chi connectivity index (χ3n) is 2.60. The molecule has 0 saturated heterocycles. The maximum Gasteiger partial charge on any atom is 0.124 e. The Kier molecular flexibility index (Phi) is 4.18. The Bertz CT molecular complexity index is 451. The Balaban J connectivity index is 1.94. The minimum absolute atomic E-state index is 0.00735. The van der Waals surface area contributed by atoms with Crippen LogP contribution in [0.3, 0.4) is 0 Å². The van der Waals surface area contributed by atoms with Crippen molar-refractivity contribution in [3.8, 4) is 5.75 Å². The second-order valence-electron chi connectivity index (χ2n) is 4.00. The minimum atomic E-state index is 0.00735. The number of thiophene rings is 1. The van der Waals surface area contributed by atoms with E-state index in [-0.39, 0.29) is 6.04 Å². The van der Waals surface area contributed by atoms with Crippen LogP contribution < -0.4 is 10.5 Å². The largest absolute Gasteiger partial charge is 0.493 e. The average molecular weight is 247 g/mol. The van der Waals surface area contributed by atoms with Gasteiger partial charge in [0, 0.05) is 22.9 Å². The predicted molar refractivity (Wildman–Crippen MR) is 72.6 cm³/mol. The Morgan fingerprint density at radius 1 is 1.24 bits per heavy atom. The molecule has 1 heterocycles. The van der Waals surface area contributed by atoms with Crippen LogP contribution in [0.5, 0.6) is 5.75 Å². The molecule has 2 rings (SSSR count). The van der Waals surface area contributed by atoms with Gasteiger partial charge in [-0.25, -0.2) is 0 Å². The van der Waals surface area contributed by atoms with Crippen LogP contribution in [-0.4, -0.2) is 6.61 Å². The van der Waals surface area contributed by atoms with Crippen LogP contribution in [0.15, 0.2) is 41.8 Å². The quantitative estimate of drug-likeness (QED) is 0.879. The first kappa shape index (κ1) is 12.1. The smallest absolute Gasteiger partial charge is 0.124 e. The van der Waals surface area contributed by atoms with Gasteiger partial charge in [0.25, 0.3) is 0 Å². The number of benzene rings is 1. The predicted octanol–water partition coefficient (Wildman–Crippen LogP) is 3.39. The summed E-state index contributed by atoms with van der Waals surface area (Å²) in [6.07, 6.45) is 0.949. The van der Waals surface area contributed by atoms with E-state index in [2.05, 4.69) is 17.5 Å². The van der Waals surface area contributed by atoms with Gasteiger partial charge in [0.05, 0.1) is 6.61 Å². The van der Waals surface area contributed by atoms with Gasteiger partial charge < -0.3 is 10.5 Å². The monoisotopic (exact) mass is 247 g/mol. The van der Waals surface area contributed by atoms with Crippen LogP contribution in [0.4, 0.5) is 0 Å². The van der Waals surface area contributed by atoms with Gasteiger partial charge in [0.1, 0.15) is 5.75 Å². The Labute approximate surface area is 106 Å². The van der Waals surface area contributed by atoms with Crippen molar-refractivity contribution in [1.82, 2.24) is 0 Å². The third-order valence-corrected chi connectivity index (χ3v) is 3.53. The van der Waals surface area contributed by atoms with Gasteiger partial charge in [-0.05, 0) is 24.4 Å². The highest BCUT2D eigenvalue weighted by atomic mass is 32.1. The van der Waals surface area contributed by atoms with E-state index in [1.807, 2.05) is 31.2 Å². The van der Waals surface area contributed by atoms with Crippen LogP contribution >= 0.6 is 11.3 Å². The van der Waals surface area contributed by atoms with Gasteiger partial charge >= 0.3 is 0 Å². The molecule has 2 nitrogen and oxygen atoms in total. The van der Waals surface area contributed by atoms with Crippen molar-refractivity contribution in [2.24, 2.45) is 5.73 Å². The van der Waals surface area contributed by atoms with E-state index in [4.69, 9.17) is 10.5 Å². The molecule has 1 aromatic heterocycles. The van der Waals surface area contributed by atoms with Crippen molar-refractivity contribution in [1.29, 1.82) is 0 Å². The Hall–Kier alpha value is -1.32. The number of rotatable bonds is 5. The van der Waals surface area contributed by atoms with Gasteiger partial charge in [0.15, 0.2) is 0 Å². The van der Waals surface area contributed by atoms with E-state index in [0.717, 1.165) is 17.7 Å². The molecule has 1 unspecified atom stereocenters. The van der Waals surface area contributed by atoms with Crippen molar-refractivity contribution >= 4 is 11.3 Å². The van der Waals surface area contributed by atoms with Gasteiger partial charge in [-0.1, -0.05) is 24.3 Å². The van der Waals surface area contributed by atoms with Crippen molar-refractivity contribution in [2.75, 3.05) is 6.61 Å². The summed E-state index contributed by atoms with van der Waals surface area (Å²) in [5.41, 5.74) is 6.97. The Morgan fingerprint density at radius 2 is 2.06 bits per heavy atom. The van der Waals surface area contributed by atoms with Gasteiger partial charge in [-0.3, -0.25) is 0 Å². The van der Waals surface area contributed by atoms with Crippen LogP contribution in [-0.2, 0) is 6.42 Å². The summed E-state index contributed by atoms with van der Waals surface area (Å²) in [5.74, 6) is 0.902. The molecule has 90 valence electrons. The highest BCUT2D eigenvalue weighted by Gasteiger charge is 2.06. The number of nitrogens with two attached hydrogens (primary N) is 1. The fraction of sp³-hybridized carbons (Fsp3) is 0.286. The maximum absolute atomic E-state index is 5.90. The summed E-state index contributed by atoms with van der Waals surface area (Å²) in [7, 11) is 0. The lowest BCUT2D eigenvalue weighted by Crippen LogP contribution is -2.09. The molecule has 1 aromatic carbocycles. The lowest BCUT2D eigenvalue weighted by molar-refractivity contribution is 0.318. The lowest BCUT2D eigenvalue weighted by atomic mass is 10.1. The number of ether oxygens (including phenoxy) is 1. The summed E-state index contributed by atoms with van der Waals surface area (Å²) in [6.45, 7) is 2.67. The summed E-state index contributed by atoms with van der Waals surface area (Å²) in [4.78, 5) is 1.35. The molecule has 2 aromatic rings. The maximum atomic E-state index is 5.90. The molecule has 0 amide bonds. The van der Waals surface area contributed by atoms with E-state index in [1.54, 1.807) is 11.3 Å². The van der Waals surface area contributed by atoms with Crippen molar-refractivity contribution < 1.29 is 4.74 Å². The van der Waals surface area contributed by atoms with Gasteiger partial charge in [-0.2, -0.15) is 0 Å². The summed E-state index contributed by atoms with van der Waals surface area (Å²) in [6, 6.07) is 12.2. The molecule has 0 fully saturated rings. The fourth-order valence-electron chi connectivity index (χ4n) is 1.70. The second-order valence-corrected chi connectivity index (χ2v) is 5.04. The molecular formula is C14H17NOS. The first-order valence-corrected chi connectivity index (χ1v) is 6.65. The zero-order valence-electron chi connectivity index (χ0n) is 9.93. The highest BCUT2D eigenvalue weighted by Crippen LogP contribution is 2.23. The first-order valence-electron chi connectivity index (χ1n) is 5.77. The van der Waals surface area contributed by atoms with Crippen LogP contribution in [0.25, 0.3) is 0 Å². The van der Waals surface area contributed by atoms with Gasteiger partial charge in [-0.15, -0.1) is 11.3 Å². The molecule has 2 N–H and O–H groups in total. The van der Waals surface area contributed by atoms with Gasteiger partial charge in [0.2, 0.25) is 0 Å². The van der Waals surface area contributed by atoms with E-state index in [1.165, 1.54) is 4.88 Å². The van der Waals surface area contributed by atoms with Crippen molar-refractivity contribution in [2.45, 2.75) is 19.4 Å². The zero-order chi connectivity index (χ0) is 12.1. The van der Waals surface area contributed by atoms with E-state index >= 15 is 0 Å². The summed E-state index contributed by atoms with van der Waals surface area (Å²) < 4.78 is 5.80. The van der Waals surface area contributed by atoms with Crippen LogP contribution in [0.2, 0.25) is 0 Å². The topological polar surface area (TPSA) is 35.2 Å². The lowest BCUT2D eigenvalue weighted by Gasteiger charge is -2.13. The SMILES string of the molecule is CC(N)c1ccccc1OCCc1cccs1. The molecule has 1 atom stereocenters. The van der Waals surface area contributed by atoms with Crippen LogP contribution in [0, 0.1) is 0 Å². The normalized spacial score (nSPS) is 12.4. The second kappa shape index (κ2) is 5.84. The molecule has 3 heteroatoms. The standard InChI is InChI=1S/C14H17NOS/c1-11(15)13-6-2-3-7-14(13)16-9-8-12-5-4-10-17-12/h2-7,10-11H,8-9,15H2,1H3. The van der Waals surface area contributed by atoms with E-state index < -0.39 is 0 Å². The molecule has 0 saturated carbocycles. The van der Waals surface area contributed by atoms with E-state index in [9.17, 15) is 0 Å². The highest BCUT2D eigenvalue weighted by molar-refractivity contribution is 7.09. The minimum Gasteiger partial charge on any atom is -0.493 e. The molecule has 0 aliphatic heterocycles. The third kappa shape index (κ3) is 3.32. The number of hydrogen-bond acceptors (Lipinski definition) is 3. The summed E-state index contributed by atoms with van der Waals surface area (Å²) >= 11 is 1.76. The average Bonchev–Trinajstić information content (AvgIpc) is 2.82. The molecule has 0 aliphatic rings. The van der Waals surface area contributed by atoms with Crippen molar-refractivity contribution in [3.63, 3.8) is 0 Å². The zero-order valence-corrected chi connectivity index (χ0v) is 10.7. The molecule has 0 radical (unpaired) electrons. The number of hydrogen-bond donors (Lipinski definition) is 1. The molecule has 17 heavy (non-hydrogen) atoms. The Morgan fingerprint density at radius 3 is 2.76 bits per heavy atom. The fourth-order valence-corrected chi connectivity index (χ4v) is 2.39. The number of para-hydroxylation sites is 1. The summed E-state index contributed by atoms with van der Waals surface area (Å²) in [5, 5.41) is 2.09. The van der Waals surface area contributed by atoms with Crippen LogP contribution in [0.1, 0.15) is 23.4 Å². The van der Waals surface area contributed by atoms with E-state index in [0.29, 0.717) is 6.61 Å². The van der Waals surface area contributed by atoms with Crippen molar-refractivity contribution in [3.05, 3.63) is 52.2 Å². The molecule has 0 spiro atoms. The molecular weight excluding hydrogens is 230 g/mol. The first-order chi connectivity index (χ1) is 8.27.